The second-order valence-electron chi connectivity index (χ2n) is 7.88. The van der Waals surface area contributed by atoms with Crippen LogP contribution >= 0.6 is 0 Å². The maximum atomic E-state index is 4.68. The molecule has 2 aromatic rings. The smallest absolute Gasteiger partial charge is 0.131 e. The molecule has 2 nitrogen and oxygen atoms in total. The lowest BCUT2D eigenvalue weighted by atomic mass is 9.88. The molecule has 1 aliphatic rings. The van der Waals surface area contributed by atoms with Crippen LogP contribution in [0, 0.1) is 0 Å². The van der Waals surface area contributed by atoms with Crippen LogP contribution in [0.5, 0.6) is 0 Å². The maximum absolute atomic E-state index is 4.68. The standard InChI is InChI=1S/C24H34N2/c1-2-3-4-5-6-8-11-20-14-16-21(17-15-20)23-18-25-24(26-19-23)22-12-9-7-10-13-22/h14-19,22H,2-13H2,1H3. The molecule has 0 spiro atoms. The fourth-order valence-electron chi connectivity index (χ4n) is 4.03. The lowest BCUT2D eigenvalue weighted by molar-refractivity contribution is 0.428. The second kappa shape index (κ2) is 10.4. The molecule has 0 aliphatic heterocycles. The fraction of sp³-hybridized carbons (Fsp3) is 0.583. The zero-order valence-corrected chi connectivity index (χ0v) is 16.4. The Bertz CT molecular complexity index is 624. The molecule has 0 atom stereocenters. The van der Waals surface area contributed by atoms with E-state index in [0.717, 1.165) is 11.4 Å². The van der Waals surface area contributed by atoms with E-state index in [9.17, 15) is 0 Å². The van der Waals surface area contributed by atoms with E-state index in [1.54, 1.807) is 0 Å². The zero-order chi connectivity index (χ0) is 18.0. The Labute approximate surface area is 159 Å². The highest BCUT2D eigenvalue weighted by atomic mass is 14.9. The topological polar surface area (TPSA) is 25.8 Å². The predicted molar refractivity (Wildman–Crippen MR) is 110 cm³/mol. The Balaban J connectivity index is 1.50. The third-order valence-corrected chi connectivity index (χ3v) is 5.75. The van der Waals surface area contributed by atoms with Gasteiger partial charge in [0, 0.05) is 23.9 Å². The third kappa shape index (κ3) is 5.65. The number of unbranched alkanes of at least 4 members (excludes halogenated alkanes) is 5. The van der Waals surface area contributed by atoms with Gasteiger partial charge in [0.2, 0.25) is 0 Å². The Morgan fingerprint density at radius 2 is 1.42 bits per heavy atom. The third-order valence-electron chi connectivity index (χ3n) is 5.75. The van der Waals surface area contributed by atoms with Crippen LogP contribution in [0.2, 0.25) is 0 Å². The van der Waals surface area contributed by atoms with Crippen LogP contribution in [0.25, 0.3) is 11.1 Å². The van der Waals surface area contributed by atoms with Crippen LogP contribution in [-0.4, -0.2) is 9.97 Å². The van der Waals surface area contributed by atoms with Gasteiger partial charge in [-0.3, -0.25) is 0 Å². The van der Waals surface area contributed by atoms with E-state index in [2.05, 4.69) is 41.2 Å². The summed E-state index contributed by atoms with van der Waals surface area (Å²) in [4.78, 5) is 9.35. The van der Waals surface area contributed by atoms with Gasteiger partial charge in [-0.05, 0) is 36.8 Å². The molecule has 0 amide bonds. The van der Waals surface area contributed by atoms with Crippen LogP contribution in [-0.2, 0) is 6.42 Å². The van der Waals surface area contributed by atoms with Crippen molar-refractivity contribution in [2.45, 2.75) is 89.9 Å². The first-order valence-corrected chi connectivity index (χ1v) is 10.8. The Morgan fingerprint density at radius 1 is 0.769 bits per heavy atom. The van der Waals surface area contributed by atoms with Gasteiger partial charge in [0.1, 0.15) is 5.82 Å². The normalized spacial score (nSPS) is 15.3. The van der Waals surface area contributed by atoms with Gasteiger partial charge in [-0.2, -0.15) is 0 Å². The van der Waals surface area contributed by atoms with Gasteiger partial charge in [-0.25, -0.2) is 9.97 Å². The van der Waals surface area contributed by atoms with Crippen LogP contribution in [0.4, 0.5) is 0 Å². The van der Waals surface area contributed by atoms with Crippen molar-refractivity contribution in [1.29, 1.82) is 0 Å². The largest absolute Gasteiger partial charge is 0.240 e. The summed E-state index contributed by atoms with van der Waals surface area (Å²) in [5.41, 5.74) is 3.81. The molecule has 1 heterocycles. The molecule has 26 heavy (non-hydrogen) atoms. The van der Waals surface area contributed by atoms with Gasteiger partial charge >= 0.3 is 0 Å². The lowest BCUT2D eigenvalue weighted by Gasteiger charge is -2.20. The first-order chi connectivity index (χ1) is 12.9. The van der Waals surface area contributed by atoms with E-state index in [4.69, 9.17) is 0 Å². The van der Waals surface area contributed by atoms with Gasteiger partial charge < -0.3 is 0 Å². The summed E-state index contributed by atoms with van der Waals surface area (Å²) in [6.45, 7) is 2.27. The van der Waals surface area contributed by atoms with Gasteiger partial charge in [-0.15, -0.1) is 0 Å². The average molecular weight is 351 g/mol. The number of nitrogens with zero attached hydrogens (tertiary/aromatic N) is 2. The van der Waals surface area contributed by atoms with Crippen molar-refractivity contribution in [2.75, 3.05) is 0 Å². The maximum Gasteiger partial charge on any atom is 0.131 e. The fourth-order valence-corrected chi connectivity index (χ4v) is 4.03. The van der Waals surface area contributed by atoms with Gasteiger partial charge in [-0.1, -0.05) is 82.6 Å². The van der Waals surface area contributed by atoms with E-state index in [1.165, 1.54) is 88.2 Å². The molecule has 1 aromatic carbocycles. The molecule has 0 radical (unpaired) electrons. The number of aromatic nitrogens is 2. The predicted octanol–water partition coefficient (Wildman–Crippen LogP) is 7.09. The molecule has 2 heteroatoms. The van der Waals surface area contributed by atoms with Gasteiger partial charge in [0.05, 0.1) is 0 Å². The van der Waals surface area contributed by atoms with E-state index in [0.29, 0.717) is 5.92 Å². The molecule has 0 bridgehead atoms. The van der Waals surface area contributed by atoms with E-state index >= 15 is 0 Å². The number of benzene rings is 1. The molecule has 0 saturated heterocycles. The first-order valence-electron chi connectivity index (χ1n) is 10.8. The average Bonchev–Trinajstić information content (AvgIpc) is 2.72. The quantitative estimate of drug-likeness (QED) is 0.451. The number of aryl methyl sites for hydroxylation is 1. The van der Waals surface area contributed by atoms with Crippen molar-refractivity contribution in [3.05, 3.63) is 48.0 Å². The summed E-state index contributed by atoms with van der Waals surface area (Å²) in [7, 11) is 0. The van der Waals surface area contributed by atoms with Crippen molar-refractivity contribution in [3.63, 3.8) is 0 Å². The summed E-state index contributed by atoms with van der Waals surface area (Å²) >= 11 is 0. The van der Waals surface area contributed by atoms with Crippen molar-refractivity contribution < 1.29 is 0 Å². The molecule has 0 N–H and O–H groups in total. The molecule has 140 valence electrons. The zero-order valence-electron chi connectivity index (χ0n) is 16.4. The van der Waals surface area contributed by atoms with Gasteiger partial charge in [0.15, 0.2) is 0 Å². The molecule has 0 unspecified atom stereocenters. The van der Waals surface area contributed by atoms with Crippen molar-refractivity contribution in [2.24, 2.45) is 0 Å². The molecule has 1 aliphatic carbocycles. The van der Waals surface area contributed by atoms with E-state index in [-0.39, 0.29) is 0 Å². The van der Waals surface area contributed by atoms with Crippen LogP contribution in [0.15, 0.2) is 36.7 Å². The van der Waals surface area contributed by atoms with Crippen molar-refractivity contribution >= 4 is 0 Å². The highest BCUT2D eigenvalue weighted by Gasteiger charge is 2.17. The number of hydrogen-bond donors (Lipinski definition) is 0. The first kappa shape index (κ1) is 19.1. The lowest BCUT2D eigenvalue weighted by Crippen LogP contribution is -2.08. The molecular weight excluding hydrogens is 316 g/mol. The Kier molecular flexibility index (Phi) is 7.66. The SMILES string of the molecule is CCCCCCCCc1ccc(-c2cnc(C3CCCCC3)nc2)cc1. The van der Waals surface area contributed by atoms with Crippen molar-refractivity contribution in [1.82, 2.24) is 9.97 Å². The summed E-state index contributed by atoms with van der Waals surface area (Å²) in [6.07, 6.45) is 19.9. The van der Waals surface area contributed by atoms with Crippen LogP contribution in [0.3, 0.4) is 0 Å². The summed E-state index contributed by atoms with van der Waals surface area (Å²) < 4.78 is 0. The van der Waals surface area contributed by atoms with Crippen molar-refractivity contribution in [3.8, 4) is 11.1 Å². The van der Waals surface area contributed by atoms with E-state index in [1.807, 2.05) is 12.4 Å². The van der Waals surface area contributed by atoms with Crippen LogP contribution in [0.1, 0.15) is 94.9 Å². The summed E-state index contributed by atoms with van der Waals surface area (Å²) in [5, 5.41) is 0. The molecule has 1 aromatic heterocycles. The second-order valence-corrected chi connectivity index (χ2v) is 7.88. The van der Waals surface area contributed by atoms with Gasteiger partial charge in [0.25, 0.3) is 0 Å². The molecule has 1 saturated carbocycles. The molecule has 3 rings (SSSR count). The van der Waals surface area contributed by atoms with Crippen LogP contribution < -0.4 is 0 Å². The summed E-state index contributed by atoms with van der Waals surface area (Å²) in [6, 6.07) is 9.00. The number of rotatable bonds is 9. The Morgan fingerprint density at radius 3 is 2.12 bits per heavy atom. The minimum atomic E-state index is 0.581. The Hall–Kier alpha value is -1.70. The highest BCUT2D eigenvalue weighted by Crippen LogP contribution is 2.31. The minimum Gasteiger partial charge on any atom is -0.240 e. The van der Waals surface area contributed by atoms with E-state index < -0.39 is 0 Å². The minimum absolute atomic E-state index is 0.581. The number of hydrogen-bond acceptors (Lipinski definition) is 2. The molecular formula is C24H34N2. The highest BCUT2D eigenvalue weighted by molar-refractivity contribution is 5.61. The monoisotopic (exact) mass is 350 g/mol. The summed E-state index contributed by atoms with van der Waals surface area (Å²) in [5.74, 6) is 1.63. The molecule has 1 fully saturated rings.